The Morgan fingerprint density at radius 2 is 0.956 bits per heavy atom. The minimum absolute atomic E-state index is 0.0514. The van der Waals surface area contributed by atoms with Crippen LogP contribution in [-0.4, -0.2) is 0 Å². The van der Waals surface area contributed by atoms with Gasteiger partial charge >= 0.3 is 0 Å². The molecule has 10 rings (SSSR count). The fraction of sp³-hybridized carbons (Fsp3) is 0.0667. The molecule has 0 atom stereocenters. The molecule has 0 radical (unpaired) electrons. The third kappa shape index (κ3) is 3.37. The molecule has 0 aliphatic heterocycles. The van der Waals surface area contributed by atoms with Crippen molar-refractivity contribution in [2.24, 2.45) is 0 Å². The van der Waals surface area contributed by atoms with Gasteiger partial charge in [-0.05, 0) is 123 Å². The monoisotopic (exact) mass is 570 g/mol. The summed E-state index contributed by atoms with van der Waals surface area (Å²) >= 11 is 0. The second-order valence-electron chi connectivity index (χ2n) is 13.3. The summed E-state index contributed by atoms with van der Waals surface area (Å²) in [6.45, 7) is 4.75. The molecule has 0 bridgehead atoms. The van der Waals surface area contributed by atoms with Crippen LogP contribution in [0.25, 0.3) is 88.0 Å². The van der Waals surface area contributed by atoms with E-state index < -0.39 is 0 Å². The van der Waals surface area contributed by atoms with Gasteiger partial charge in [0, 0.05) is 5.41 Å². The Morgan fingerprint density at radius 3 is 1.76 bits per heavy atom. The van der Waals surface area contributed by atoms with Crippen molar-refractivity contribution >= 4 is 32.3 Å². The molecule has 0 fully saturated rings. The van der Waals surface area contributed by atoms with Crippen molar-refractivity contribution in [1.82, 2.24) is 0 Å². The van der Waals surface area contributed by atoms with Crippen LogP contribution in [0.15, 0.2) is 146 Å². The van der Waals surface area contributed by atoms with Crippen molar-refractivity contribution in [2.75, 3.05) is 0 Å². The van der Waals surface area contributed by atoms with Gasteiger partial charge in [-0.3, -0.25) is 0 Å². The highest BCUT2D eigenvalue weighted by Gasteiger charge is 2.36. The minimum atomic E-state index is -0.0514. The molecule has 8 aromatic carbocycles. The standard InChI is InChI=1S/C45H30/c1-45(2)40-26-32(21-22-35(40)38-23-30-9-3-4-10-31(30)25-41(38)45)27-17-19-29(20-18-27)43-34-14-6-5-11-33(34)24-39-36-15-7-12-28-13-8-16-37(42(28)36)44(39)43/h3-26H,1-2H3. The second-order valence-corrected chi connectivity index (χ2v) is 13.3. The molecule has 0 saturated heterocycles. The van der Waals surface area contributed by atoms with Crippen molar-refractivity contribution in [2.45, 2.75) is 19.3 Å². The zero-order valence-corrected chi connectivity index (χ0v) is 25.4. The Hall–Kier alpha value is -5.46. The molecule has 0 heteroatoms. The number of rotatable bonds is 2. The normalized spacial score (nSPS) is 13.7. The van der Waals surface area contributed by atoms with E-state index in [9.17, 15) is 0 Å². The van der Waals surface area contributed by atoms with Gasteiger partial charge in [-0.1, -0.05) is 135 Å². The smallest absolute Gasteiger partial charge is 0.0159 e. The topological polar surface area (TPSA) is 0 Å². The van der Waals surface area contributed by atoms with E-state index >= 15 is 0 Å². The van der Waals surface area contributed by atoms with Crippen LogP contribution >= 0.6 is 0 Å². The minimum Gasteiger partial charge on any atom is -0.0616 e. The highest BCUT2D eigenvalue weighted by atomic mass is 14.4. The Balaban J connectivity index is 1.12. The maximum atomic E-state index is 2.43. The molecular weight excluding hydrogens is 540 g/mol. The number of hydrogen-bond donors (Lipinski definition) is 0. The van der Waals surface area contributed by atoms with Gasteiger partial charge in [-0.25, -0.2) is 0 Å². The summed E-state index contributed by atoms with van der Waals surface area (Å²) in [5.41, 5.74) is 16.0. The van der Waals surface area contributed by atoms with Gasteiger partial charge in [0.15, 0.2) is 0 Å². The van der Waals surface area contributed by atoms with E-state index in [0.717, 1.165) is 0 Å². The van der Waals surface area contributed by atoms with Crippen LogP contribution < -0.4 is 0 Å². The lowest BCUT2D eigenvalue weighted by molar-refractivity contribution is 0.661. The van der Waals surface area contributed by atoms with E-state index in [1.54, 1.807) is 0 Å². The van der Waals surface area contributed by atoms with E-state index in [4.69, 9.17) is 0 Å². The Bertz CT molecular complexity index is 2540. The third-order valence-electron chi connectivity index (χ3n) is 10.6. The van der Waals surface area contributed by atoms with E-state index in [2.05, 4.69) is 159 Å². The first-order valence-electron chi connectivity index (χ1n) is 15.9. The van der Waals surface area contributed by atoms with Crippen molar-refractivity contribution in [1.29, 1.82) is 0 Å². The third-order valence-corrected chi connectivity index (χ3v) is 10.6. The SMILES string of the molecule is CC1(C)c2cc(-c3ccc(-c4c5c(cc6ccccc46)-c4cccc6cccc-5c46)cc3)ccc2-c2cc3ccccc3cc21. The van der Waals surface area contributed by atoms with Crippen molar-refractivity contribution in [3.8, 4) is 55.6 Å². The molecule has 0 spiro atoms. The summed E-state index contributed by atoms with van der Waals surface area (Å²) in [4.78, 5) is 0. The quantitative estimate of drug-likeness (QED) is 0.194. The summed E-state index contributed by atoms with van der Waals surface area (Å²) in [6.07, 6.45) is 0. The molecule has 8 aromatic rings. The first-order chi connectivity index (χ1) is 22.1. The van der Waals surface area contributed by atoms with Crippen LogP contribution in [0.1, 0.15) is 25.0 Å². The fourth-order valence-corrected chi connectivity index (χ4v) is 8.34. The van der Waals surface area contributed by atoms with E-state index in [0.29, 0.717) is 0 Å². The summed E-state index contributed by atoms with van der Waals surface area (Å²) in [7, 11) is 0. The highest BCUT2D eigenvalue weighted by molar-refractivity contribution is 6.22. The molecule has 0 unspecified atom stereocenters. The summed E-state index contributed by atoms with van der Waals surface area (Å²) < 4.78 is 0. The van der Waals surface area contributed by atoms with Gasteiger partial charge < -0.3 is 0 Å². The average molecular weight is 571 g/mol. The number of benzene rings is 8. The first-order valence-corrected chi connectivity index (χ1v) is 15.9. The lowest BCUT2D eigenvalue weighted by Crippen LogP contribution is -2.15. The van der Waals surface area contributed by atoms with Crippen molar-refractivity contribution < 1.29 is 0 Å². The first kappa shape index (κ1) is 24.9. The fourth-order valence-electron chi connectivity index (χ4n) is 8.34. The average Bonchev–Trinajstić information content (AvgIpc) is 3.51. The zero-order chi connectivity index (χ0) is 29.9. The zero-order valence-electron chi connectivity index (χ0n) is 25.4. The molecule has 0 aromatic heterocycles. The van der Waals surface area contributed by atoms with E-state index in [1.165, 1.54) is 99.1 Å². The van der Waals surface area contributed by atoms with Crippen LogP contribution in [0.2, 0.25) is 0 Å². The van der Waals surface area contributed by atoms with Crippen LogP contribution in [0, 0.1) is 0 Å². The molecule has 2 aliphatic rings. The Kier molecular flexibility index (Phi) is 4.88. The molecule has 45 heavy (non-hydrogen) atoms. The van der Waals surface area contributed by atoms with Crippen LogP contribution in [0.5, 0.6) is 0 Å². The van der Waals surface area contributed by atoms with Gasteiger partial charge in [-0.15, -0.1) is 0 Å². The molecular formula is C45H30. The van der Waals surface area contributed by atoms with Gasteiger partial charge in [-0.2, -0.15) is 0 Å². The molecule has 0 heterocycles. The number of fused-ring (bicyclic) bond motifs is 8. The summed E-state index contributed by atoms with van der Waals surface area (Å²) in [5, 5.41) is 7.89. The largest absolute Gasteiger partial charge is 0.0616 e. The lowest BCUT2D eigenvalue weighted by Gasteiger charge is -2.22. The molecule has 2 aliphatic carbocycles. The second kappa shape index (κ2) is 8.80. The predicted molar refractivity (Wildman–Crippen MR) is 192 cm³/mol. The summed E-state index contributed by atoms with van der Waals surface area (Å²) in [6, 6.07) is 54.6. The molecule has 0 N–H and O–H groups in total. The van der Waals surface area contributed by atoms with Gasteiger partial charge in [0.2, 0.25) is 0 Å². The predicted octanol–water partition coefficient (Wildman–Crippen LogP) is 12.4. The molecule has 0 saturated carbocycles. The van der Waals surface area contributed by atoms with Crippen LogP contribution in [0.4, 0.5) is 0 Å². The maximum Gasteiger partial charge on any atom is 0.0159 e. The Morgan fingerprint density at radius 1 is 0.356 bits per heavy atom. The maximum absolute atomic E-state index is 2.43. The Labute approximate surface area is 263 Å². The van der Waals surface area contributed by atoms with Crippen molar-refractivity contribution in [3.63, 3.8) is 0 Å². The number of hydrogen-bond acceptors (Lipinski definition) is 0. The summed E-state index contributed by atoms with van der Waals surface area (Å²) in [5.74, 6) is 0. The molecule has 210 valence electrons. The van der Waals surface area contributed by atoms with Crippen LogP contribution in [-0.2, 0) is 5.41 Å². The highest BCUT2D eigenvalue weighted by Crippen LogP contribution is 2.54. The van der Waals surface area contributed by atoms with Crippen molar-refractivity contribution in [3.05, 3.63) is 157 Å². The van der Waals surface area contributed by atoms with Gasteiger partial charge in [0.05, 0.1) is 0 Å². The van der Waals surface area contributed by atoms with Crippen LogP contribution in [0.3, 0.4) is 0 Å². The van der Waals surface area contributed by atoms with Gasteiger partial charge in [0.25, 0.3) is 0 Å². The van der Waals surface area contributed by atoms with Gasteiger partial charge in [0.1, 0.15) is 0 Å². The molecule has 0 nitrogen and oxygen atoms in total. The lowest BCUT2D eigenvalue weighted by atomic mass is 9.81. The molecule has 0 amide bonds. The van der Waals surface area contributed by atoms with E-state index in [-0.39, 0.29) is 5.41 Å². The van der Waals surface area contributed by atoms with E-state index in [1.807, 2.05) is 0 Å².